The number of amides is 4. The summed E-state index contributed by atoms with van der Waals surface area (Å²) >= 11 is 0. The predicted molar refractivity (Wildman–Crippen MR) is 311 cm³/mol. The highest BCUT2D eigenvalue weighted by Gasteiger charge is 2.64. The second-order valence-electron chi connectivity index (χ2n) is 25.4. The van der Waals surface area contributed by atoms with Crippen LogP contribution in [-0.2, 0) is 90.3 Å². The summed E-state index contributed by atoms with van der Waals surface area (Å²) in [5.41, 5.74) is 0. The van der Waals surface area contributed by atoms with Crippen LogP contribution in [0.3, 0.4) is 0 Å². The van der Waals surface area contributed by atoms with Crippen LogP contribution < -0.4 is 21.3 Å². The van der Waals surface area contributed by atoms with Gasteiger partial charge in [-0.1, -0.05) is 0 Å². The van der Waals surface area contributed by atoms with Crippen LogP contribution in [0.2, 0.25) is 0 Å². The Labute approximate surface area is 571 Å². The van der Waals surface area contributed by atoms with E-state index >= 15 is 0 Å². The molecule has 0 aromatic rings. The van der Waals surface area contributed by atoms with Crippen molar-refractivity contribution in [3.05, 3.63) is 0 Å². The Bertz CT molecular complexity index is 2760. The number of ether oxygens (including phenoxy) is 13. The van der Waals surface area contributed by atoms with E-state index in [1.54, 1.807) is 0 Å². The van der Waals surface area contributed by atoms with Gasteiger partial charge in [-0.2, -0.15) is 0 Å². The summed E-state index contributed by atoms with van der Waals surface area (Å²) in [5.74, 6) is -14.5. The number of carboxylic acids is 2. The van der Waals surface area contributed by atoms with E-state index < -0.39 is 314 Å². The zero-order chi connectivity index (χ0) is 75.3. The van der Waals surface area contributed by atoms with Gasteiger partial charge in [0.25, 0.3) is 11.6 Å². The molecule has 4 amide bonds. The van der Waals surface area contributed by atoms with Crippen molar-refractivity contribution in [2.45, 2.75) is 273 Å². The number of aliphatic carboxylic acids is 2. The third-order valence-electron chi connectivity index (χ3n) is 18.0. The number of hydrogen-bond acceptors (Lipinski definition) is 39. The van der Waals surface area contributed by atoms with Gasteiger partial charge in [0.2, 0.25) is 23.6 Å². The zero-order valence-electron chi connectivity index (χ0n) is 54.5. The highest BCUT2D eigenvalue weighted by Crippen LogP contribution is 2.42. The first-order chi connectivity index (χ1) is 47.3. The molecule has 7 fully saturated rings. The molecule has 26 N–H and O–H groups in total. The molecule has 0 spiro atoms. The molecular formula is C56H92N4O41. The van der Waals surface area contributed by atoms with Crippen LogP contribution in [0.15, 0.2) is 0 Å². The van der Waals surface area contributed by atoms with Crippen molar-refractivity contribution in [3.8, 4) is 0 Å². The Kier molecular flexibility index (Phi) is 29.3. The van der Waals surface area contributed by atoms with Crippen LogP contribution in [-0.4, -0.2) is 413 Å². The summed E-state index contributed by atoms with van der Waals surface area (Å²) in [7, 11) is 0. The third-order valence-corrected chi connectivity index (χ3v) is 18.0. The standard InChI is InChI=1S/C56H92N4O41/c1-14-31(74)37(80)38(81)50(90-14)97-45-30(60-18(5)69)49(94-25(12-65)41(45)95-51-39(82)46(34(77)23(10-63)92-51)100-55(53(85)86)6-19(70)27(57-15(2)66)43(98-55)32(75)21(72)8-61)89-13-26-36(79)42(29(48(84)91-26)59-17(4)68)96-52-40(83)47(35(78)24(11-64)93-52)101-56(54(87)88)7-20(71)28(58-16(3)67)44(99-56)33(76)22(73)9-62/h14,19-52,61-65,70-84H,6-13H2,1-5H3,(H,57,66)(H,58,67)(H,59,68)(H,60,69)(H,85,86)(H,87,88)/t14-,19-,20-,21+,22+,23+,24+,25+,26+,27+,28+,29+,30+,31+,32+,33+,34-,35-,36-,37+,38-,39+,40+,41+,42+,43+,44+,45+,46-,47-,48-,49+,50-,51-,52-,55-,56+/m0/s1. The van der Waals surface area contributed by atoms with Gasteiger partial charge in [-0.05, 0) is 6.92 Å². The van der Waals surface area contributed by atoms with E-state index in [1.807, 2.05) is 0 Å². The van der Waals surface area contributed by atoms with Crippen LogP contribution >= 0.6 is 0 Å². The molecule has 0 aliphatic carbocycles. The van der Waals surface area contributed by atoms with Crippen molar-refractivity contribution in [2.75, 3.05) is 39.6 Å². The molecule has 582 valence electrons. The van der Waals surface area contributed by atoms with Crippen LogP contribution in [0.5, 0.6) is 0 Å². The van der Waals surface area contributed by atoms with Gasteiger partial charge >= 0.3 is 11.9 Å². The van der Waals surface area contributed by atoms with Crippen LogP contribution in [0.1, 0.15) is 47.5 Å². The van der Waals surface area contributed by atoms with Crippen LogP contribution in [0.25, 0.3) is 0 Å². The highest BCUT2D eigenvalue weighted by molar-refractivity contribution is 5.78. The quantitative estimate of drug-likeness (QED) is 0.0346. The predicted octanol–water partition coefficient (Wildman–Crippen LogP) is -16.3. The summed E-state index contributed by atoms with van der Waals surface area (Å²) in [6.07, 6.45) is -69.4. The van der Waals surface area contributed by atoms with Crippen molar-refractivity contribution >= 4 is 35.6 Å². The maximum atomic E-state index is 13.3. The fourth-order valence-electron chi connectivity index (χ4n) is 12.9. The molecule has 0 bridgehead atoms. The molecule has 101 heavy (non-hydrogen) atoms. The number of carbonyl (C=O) groups excluding carboxylic acids is 4. The zero-order valence-corrected chi connectivity index (χ0v) is 54.5. The lowest BCUT2D eigenvalue weighted by molar-refractivity contribution is -0.392. The average molecular weight is 1480 g/mol. The lowest BCUT2D eigenvalue weighted by Crippen LogP contribution is -2.72. The highest BCUT2D eigenvalue weighted by atomic mass is 16.8. The molecule has 7 aliphatic heterocycles. The lowest BCUT2D eigenvalue weighted by atomic mass is 9.88. The molecule has 0 aromatic heterocycles. The van der Waals surface area contributed by atoms with Gasteiger partial charge in [-0.25, -0.2) is 9.59 Å². The molecule has 45 heteroatoms. The largest absolute Gasteiger partial charge is 0.477 e. The SMILES string of the molecule is CC(=O)N[C@@H]1[C@@H](O[C@@H]2O[C@H](CO)[C@H](O)[C@H](O[C@@]3(C(=O)O)C[C@H](O)[C@@H](NC(C)=O)[C@H]([C@H](O)[C@H](O)CO)O3)[C@H]2O)[C@@H](O)[C@@H](CO[C@@H]2O[C@H](CO)[C@@H](O[C@@H]3O[C@H](CO)[C@H](O)[C@H](O[C@]4(C(=O)O)C[C@H](O)[C@@H](NC(C)=O)[C@H]([C@H](O)[C@H](O)CO)O4)[C@H]3O)[C@H](O[C@@H]3O[C@@H](C)[C@@H](O)[C@@H](O)[C@@H]3O)[C@H]2NC(C)=O)O[C@@H]1O. The first-order valence-corrected chi connectivity index (χ1v) is 31.7. The number of rotatable bonds is 28. The monoisotopic (exact) mass is 1480 g/mol. The molecule has 7 saturated heterocycles. The Morgan fingerprint density at radius 1 is 0.426 bits per heavy atom. The van der Waals surface area contributed by atoms with E-state index in [-0.39, 0.29) is 0 Å². The number of nitrogens with one attached hydrogen (secondary N) is 4. The molecule has 45 nitrogen and oxygen atoms in total. The fourth-order valence-corrected chi connectivity index (χ4v) is 12.9. The summed E-state index contributed by atoms with van der Waals surface area (Å²) < 4.78 is 76.3. The van der Waals surface area contributed by atoms with E-state index in [9.17, 15) is 141 Å². The van der Waals surface area contributed by atoms with E-state index in [4.69, 9.17) is 61.6 Å². The van der Waals surface area contributed by atoms with Gasteiger partial charge in [0.1, 0.15) is 152 Å². The summed E-state index contributed by atoms with van der Waals surface area (Å²) in [6, 6.07) is -7.34. The maximum absolute atomic E-state index is 13.3. The first kappa shape index (κ1) is 83.8. The van der Waals surface area contributed by atoms with E-state index in [0.29, 0.717) is 0 Å². The second kappa shape index (κ2) is 35.3. The second-order valence-corrected chi connectivity index (χ2v) is 25.4. The van der Waals surface area contributed by atoms with E-state index in [0.717, 1.165) is 27.7 Å². The van der Waals surface area contributed by atoms with Crippen LogP contribution in [0.4, 0.5) is 0 Å². The number of carbonyl (C=O) groups is 6. The fraction of sp³-hybridized carbons (Fsp3) is 0.893. The van der Waals surface area contributed by atoms with Crippen molar-refractivity contribution < 1.29 is 203 Å². The molecular weight excluding hydrogens is 1380 g/mol. The maximum Gasteiger partial charge on any atom is 0.364 e. The first-order valence-electron chi connectivity index (χ1n) is 31.7. The van der Waals surface area contributed by atoms with Gasteiger partial charge in [0.15, 0.2) is 31.5 Å². The minimum Gasteiger partial charge on any atom is -0.477 e. The number of carboxylic acid groups (broad SMARTS) is 2. The summed E-state index contributed by atoms with van der Waals surface area (Å²) in [5, 5.41) is 251. The molecule has 7 rings (SSSR count). The van der Waals surface area contributed by atoms with Crippen molar-refractivity contribution in [1.82, 2.24) is 21.3 Å². The Morgan fingerprint density at radius 2 is 0.802 bits per heavy atom. The average Bonchev–Trinajstić information content (AvgIpc) is 0.765. The normalized spacial score (nSPS) is 44.9. The van der Waals surface area contributed by atoms with E-state index in [1.165, 1.54) is 6.92 Å². The Hall–Kier alpha value is -4.50. The minimum absolute atomic E-state index is 0.864. The molecule has 0 aromatic carbocycles. The van der Waals surface area contributed by atoms with Gasteiger partial charge in [0, 0.05) is 40.5 Å². The number of aliphatic hydroxyl groups excluding tert-OH is 20. The molecule has 37 atom stereocenters. The van der Waals surface area contributed by atoms with Gasteiger partial charge in [0.05, 0.1) is 70.0 Å². The molecule has 0 saturated carbocycles. The minimum atomic E-state index is -3.30. The summed E-state index contributed by atoms with van der Waals surface area (Å²) in [4.78, 5) is 76.9. The number of aliphatic hydroxyl groups is 20. The summed E-state index contributed by atoms with van der Waals surface area (Å²) in [6.45, 7) is -2.13. The Morgan fingerprint density at radius 3 is 1.21 bits per heavy atom. The molecule has 7 aliphatic rings. The van der Waals surface area contributed by atoms with Crippen molar-refractivity contribution in [3.63, 3.8) is 0 Å². The Balaban J connectivity index is 1.20. The molecule has 7 heterocycles. The topological polar surface area (TPSA) is 716 Å². The molecule has 0 unspecified atom stereocenters. The lowest BCUT2D eigenvalue weighted by Gasteiger charge is -2.52. The van der Waals surface area contributed by atoms with Crippen molar-refractivity contribution in [2.24, 2.45) is 0 Å². The van der Waals surface area contributed by atoms with Crippen LogP contribution in [0, 0.1) is 0 Å². The molecule has 0 radical (unpaired) electrons. The van der Waals surface area contributed by atoms with Gasteiger partial charge in [-0.15, -0.1) is 0 Å². The van der Waals surface area contributed by atoms with Gasteiger partial charge < -0.3 is 195 Å². The smallest absolute Gasteiger partial charge is 0.364 e. The number of hydrogen-bond donors (Lipinski definition) is 26. The van der Waals surface area contributed by atoms with Crippen molar-refractivity contribution in [1.29, 1.82) is 0 Å². The van der Waals surface area contributed by atoms with Gasteiger partial charge in [-0.3, -0.25) is 19.2 Å². The van der Waals surface area contributed by atoms with E-state index in [2.05, 4.69) is 21.3 Å². The third kappa shape index (κ3) is 18.5.